The van der Waals surface area contributed by atoms with E-state index in [2.05, 4.69) is 34.3 Å². The largest absolute Gasteiger partial charge is 0.373 e. The van der Waals surface area contributed by atoms with Crippen LogP contribution >= 0.6 is 0 Å². The third kappa shape index (κ3) is 7.60. The Morgan fingerprint density at radius 2 is 2.00 bits per heavy atom. The van der Waals surface area contributed by atoms with Gasteiger partial charge in [-0.25, -0.2) is 0 Å². The first kappa shape index (κ1) is 10.7. The fourth-order valence-electron chi connectivity index (χ4n) is 1.02. The Balaban J connectivity index is 3.51. The summed E-state index contributed by atoms with van der Waals surface area (Å²) in [5.74, 6) is 0. The van der Waals surface area contributed by atoms with Crippen LogP contribution in [-0.2, 0) is 4.74 Å². The number of allylic oxidation sites excluding steroid dienone is 1. The van der Waals surface area contributed by atoms with Crippen molar-refractivity contribution >= 4 is 0 Å². The third-order valence-electron chi connectivity index (χ3n) is 1.33. The Kier molecular flexibility index (Phi) is 4.43. The van der Waals surface area contributed by atoms with Crippen molar-refractivity contribution in [1.82, 2.24) is 0 Å². The van der Waals surface area contributed by atoms with Gasteiger partial charge in [-0.1, -0.05) is 6.08 Å². The van der Waals surface area contributed by atoms with Crippen molar-refractivity contribution in [3.63, 3.8) is 0 Å². The van der Waals surface area contributed by atoms with Crippen LogP contribution in [0.25, 0.3) is 0 Å². The molecule has 0 amide bonds. The van der Waals surface area contributed by atoms with Crippen LogP contribution in [0, 0.1) is 0 Å². The van der Waals surface area contributed by atoms with Crippen molar-refractivity contribution in [2.24, 2.45) is 0 Å². The molecule has 66 valence electrons. The average molecular weight is 156 g/mol. The monoisotopic (exact) mass is 156 g/mol. The van der Waals surface area contributed by atoms with Crippen LogP contribution in [0.5, 0.6) is 0 Å². The summed E-state index contributed by atoms with van der Waals surface area (Å²) in [4.78, 5) is 0. The van der Waals surface area contributed by atoms with E-state index in [1.165, 1.54) is 0 Å². The highest BCUT2D eigenvalue weighted by Gasteiger charge is 2.13. The maximum atomic E-state index is 5.69. The lowest BCUT2D eigenvalue weighted by Gasteiger charge is -2.24. The van der Waals surface area contributed by atoms with Gasteiger partial charge in [0, 0.05) is 0 Å². The van der Waals surface area contributed by atoms with E-state index in [0.717, 1.165) is 12.8 Å². The van der Waals surface area contributed by atoms with Gasteiger partial charge in [0.15, 0.2) is 0 Å². The standard InChI is InChI=1S/C10H20O/c1-6-7-8-9(2)11-10(3,4)5/h6,9H,1,7-8H2,2-5H3. The Morgan fingerprint density at radius 1 is 1.45 bits per heavy atom. The van der Waals surface area contributed by atoms with E-state index in [1.807, 2.05) is 6.08 Å². The molecular formula is C10H20O. The molecule has 1 atom stereocenters. The lowest BCUT2D eigenvalue weighted by atomic mass is 10.1. The molecule has 0 spiro atoms. The molecule has 0 aromatic carbocycles. The minimum absolute atomic E-state index is 0.0133. The van der Waals surface area contributed by atoms with E-state index in [1.54, 1.807) is 0 Å². The molecule has 0 saturated carbocycles. The van der Waals surface area contributed by atoms with Crippen LogP contribution < -0.4 is 0 Å². The van der Waals surface area contributed by atoms with Crippen LogP contribution in [0.4, 0.5) is 0 Å². The Hall–Kier alpha value is -0.300. The fourth-order valence-corrected chi connectivity index (χ4v) is 1.02. The fraction of sp³-hybridized carbons (Fsp3) is 0.800. The molecule has 0 saturated heterocycles. The van der Waals surface area contributed by atoms with Crippen LogP contribution in [0.15, 0.2) is 12.7 Å². The summed E-state index contributed by atoms with van der Waals surface area (Å²) < 4.78 is 5.69. The van der Waals surface area contributed by atoms with Gasteiger partial charge in [0.1, 0.15) is 0 Å². The van der Waals surface area contributed by atoms with Crippen molar-refractivity contribution in [2.75, 3.05) is 0 Å². The summed E-state index contributed by atoms with van der Waals surface area (Å²) in [5, 5.41) is 0. The number of rotatable bonds is 4. The molecule has 0 aliphatic rings. The summed E-state index contributed by atoms with van der Waals surface area (Å²) in [7, 11) is 0. The van der Waals surface area contributed by atoms with Gasteiger partial charge < -0.3 is 4.74 Å². The molecule has 1 nitrogen and oxygen atoms in total. The predicted molar refractivity (Wildman–Crippen MR) is 49.7 cm³/mol. The van der Waals surface area contributed by atoms with Crippen molar-refractivity contribution in [1.29, 1.82) is 0 Å². The highest BCUT2D eigenvalue weighted by atomic mass is 16.5. The first-order chi connectivity index (χ1) is 4.95. The maximum absolute atomic E-state index is 5.69. The normalized spacial score (nSPS) is 14.5. The first-order valence-electron chi connectivity index (χ1n) is 4.24. The summed E-state index contributed by atoms with van der Waals surface area (Å²) in [5.41, 5.74) is -0.0133. The molecule has 0 aromatic rings. The minimum Gasteiger partial charge on any atom is -0.373 e. The second-order valence-corrected chi connectivity index (χ2v) is 3.91. The minimum atomic E-state index is -0.0133. The van der Waals surface area contributed by atoms with Gasteiger partial charge in [-0.15, -0.1) is 6.58 Å². The van der Waals surface area contributed by atoms with Crippen molar-refractivity contribution in [3.05, 3.63) is 12.7 Å². The Bertz CT molecular complexity index is 111. The second kappa shape index (κ2) is 4.55. The molecule has 0 aliphatic carbocycles. The lowest BCUT2D eigenvalue weighted by molar-refractivity contribution is -0.0536. The van der Waals surface area contributed by atoms with E-state index < -0.39 is 0 Å². The van der Waals surface area contributed by atoms with Crippen LogP contribution in [-0.4, -0.2) is 11.7 Å². The number of hydrogen-bond acceptors (Lipinski definition) is 1. The summed E-state index contributed by atoms with van der Waals surface area (Å²) in [6.45, 7) is 12.0. The van der Waals surface area contributed by atoms with Gasteiger partial charge in [-0.05, 0) is 40.5 Å². The molecule has 0 bridgehead atoms. The molecular weight excluding hydrogens is 136 g/mol. The van der Waals surface area contributed by atoms with Crippen LogP contribution in [0.3, 0.4) is 0 Å². The van der Waals surface area contributed by atoms with Gasteiger partial charge in [0.2, 0.25) is 0 Å². The molecule has 1 unspecified atom stereocenters. The van der Waals surface area contributed by atoms with Gasteiger partial charge in [-0.2, -0.15) is 0 Å². The Morgan fingerprint density at radius 3 is 2.36 bits per heavy atom. The zero-order valence-corrected chi connectivity index (χ0v) is 8.18. The van der Waals surface area contributed by atoms with Crippen molar-refractivity contribution < 1.29 is 4.74 Å². The molecule has 0 heterocycles. The van der Waals surface area contributed by atoms with Crippen molar-refractivity contribution in [3.8, 4) is 0 Å². The zero-order chi connectivity index (χ0) is 8.91. The molecule has 0 aromatic heterocycles. The molecule has 1 heteroatoms. The SMILES string of the molecule is C=CCCC(C)OC(C)(C)C. The number of hydrogen-bond donors (Lipinski definition) is 0. The highest BCUT2D eigenvalue weighted by molar-refractivity contribution is 4.70. The van der Waals surface area contributed by atoms with Gasteiger partial charge >= 0.3 is 0 Å². The highest BCUT2D eigenvalue weighted by Crippen LogP contribution is 2.13. The third-order valence-corrected chi connectivity index (χ3v) is 1.33. The molecule has 0 radical (unpaired) electrons. The first-order valence-corrected chi connectivity index (χ1v) is 4.24. The molecule has 0 aliphatic heterocycles. The zero-order valence-electron chi connectivity index (χ0n) is 8.18. The maximum Gasteiger partial charge on any atom is 0.0602 e. The molecule has 0 fully saturated rings. The molecule has 0 N–H and O–H groups in total. The van der Waals surface area contributed by atoms with Crippen LogP contribution in [0.1, 0.15) is 40.5 Å². The number of ether oxygens (including phenoxy) is 1. The molecule has 0 rings (SSSR count). The summed E-state index contributed by atoms with van der Waals surface area (Å²) >= 11 is 0. The van der Waals surface area contributed by atoms with E-state index in [0.29, 0.717) is 6.10 Å². The van der Waals surface area contributed by atoms with E-state index in [-0.39, 0.29) is 5.60 Å². The Labute approximate surface area is 70.4 Å². The quantitative estimate of drug-likeness (QED) is 0.568. The lowest BCUT2D eigenvalue weighted by Crippen LogP contribution is -2.25. The van der Waals surface area contributed by atoms with Gasteiger partial charge in [0.05, 0.1) is 11.7 Å². The van der Waals surface area contributed by atoms with E-state index in [4.69, 9.17) is 4.74 Å². The average Bonchev–Trinajstić information content (AvgIpc) is 1.79. The van der Waals surface area contributed by atoms with Crippen molar-refractivity contribution in [2.45, 2.75) is 52.2 Å². The summed E-state index contributed by atoms with van der Waals surface area (Å²) in [6.07, 6.45) is 4.38. The topological polar surface area (TPSA) is 9.23 Å². The van der Waals surface area contributed by atoms with Gasteiger partial charge in [0.25, 0.3) is 0 Å². The summed E-state index contributed by atoms with van der Waals surface area (Å²) in [6, 6.07) is 0. The predicted octanol–water partition coefficient (Wildman–Crippen LogP) is 3.16. The smallest absolute Gasteiger partial charge is 0.0602 e. The van der Waals surface area contributed by atoms with E-state index in [9.17, 15) is 0 Å². The van der Waals surface area contributed by atoms with Gasteiger partial charge in [-0.3, -0.25) is 0 Å². The van der Waals surface area contributed by atoms with Crippen LogP contribution in [0.2, 0.25) is 0 Å². The molecule has 11 heavy (non-hydrogen) atoms. The van der Waals surface area contributed by atoms with E-state index >= 15 is 0 Å². The second-order valence-electron chi connectivity index (χ2n) is 3.91.